The van der Waals surface area contributed by atoms with Crippen LogP contribution in [0.3, 0.4) is 0 Å². The summed E-state index contributed by atoms with van der Waals surface area (Å²) in [6, 6.07) is 27.9. The fourth-order valence-electron chi connectivity index (χ4n) is 5.55. The number of ether oxygens (including phenoxy) is 1. The summed E-state index contributed by atoms with van der Waals surface area (Å²) in [7, 11) is 4.18. The lowest BCUT2D eigenvalue weighted by atomic mass is 9.93. The summed E-state index contributed by atoms with van der Waals surface area (Å²) in [5.41, 5.74) is 6.97. The monoisotopic (exact) mass is 642 g/mol. The second kappa shape index (κ2) is 14.1. The Balaban J connectivity index is 0.000000186. The largest absolute Gasteiger partial charge is 0.462 e. The van der Waals surface area contributed by atoms with Crippen molar-refractivity contribution in [1.29, 1.82) is 0 Å². The Morgan fingerprint density at radius 2 is 1.47 bits per heavy atom. The second-order valence-electron chi connectivity index (χ2n) is 10.7. The van der Waals surface area contributed by atoms with Crippen LogP contribution in [0.1, 0.15) is 38.2 Å². The van der Waals surface area contributed by atoms with E-state index in [1.165, 1.54) is 33.5 Å². The van der Waals surface area contributed by atoms with Gasteiger partial charge in [-0.05, 0) is 74.6 Å². The first-order valence-corrected chi connectivity index (χ1v) is 15.6. The first-order valence-electron chi connectivity index (χ1n) is 14.8. The quantitative estimate of drug-likeness (QED) is 0.0950. The molecule has 2 amide bonds. The third-order valence-electron chi connectivity index (χ3n) is 7.94. The van der Waals surface area contributed by atoms with Crippen LogP contribution in [0.4, 0.5) is 5.69 Å². The van der Waals surface area contributed by atoms with Crippen LogP contribution in [-0.2, 0) is 33.2 Å². The van der Waals surface area contributed by atoms with E-state index in [4.69, 9.17) is 27.9 Å². The molecule has 45 heavy (non-hydrogen) atoms. The Morgan fingerprint density at radius 3 is 2.04 bits per heavy atom. The molecule has 0 saturated heterocycles. The molecule has 6 rings (SSSR count). The van der Waals surface area contributed by atoms with E-state index in [-0.39, 0.29) is 23.5 Å². The highest BCUT2D eigenvalue weighted by Crippen LogP contribution is 2.37. The summed E-state index contributed by atoms with van der Waals surface area (Å²) in [6.45, 7) is 1.87. The van der Waals surface area contributed by atoms with Gasteiger partial charge >= 0.3 is 5.97 Å². The number of imide groups is 1. The molecule has 0 bridgehead atoms. The Kier molecular flexibility index (Phi) is 10.0. The Morgan fingerprint density at radius 1 is 0.889 bits per heavy atom. The smallest absolute Gasteiger partial charge is 0.349 e. The molecule has 0 atom stereocenters. The van der Waals surface area contributed by atoms with Gasteiger partial charge in [-0.2, -0.15) is 4.68 Å². The fourth-order valence-corrected chi connectivity index (χ4v) is 5.89. The predicted molar refractivity (Wildman–Crippen MR) is 177 cm³/mol. The van der Waals surface area contributed by atoms with Crippen LogP contribution in [0, 0.1) is 0 Å². The van der Waals surface area contributed by atoms with E-state index in [0.29, 0.717) is 40.3 Å². The lowest BCUT2D eigenvalue weighted by Gasteiger charge is -2.16. The summed E-state index contributed by atoms with van der Waals surface area (Å²) >= 11 is 12.1. The van der Waals surface area contributed by atoms with E-state index in [1.807, 2.05) is 12.1 Å². The molecular weight excluding hydrogens is 609 g/mol. The van der Waals surface area contributed by atoms with Gasteiger partial charge in [0, 0.05) is 33.4 Å². The third kappa shape index (κ3) is 6.80. The number of benzene rings is 3. The van der Waals surface area contributed by atoms with E-state index in [2.05, 4.69) is 78.1 Å². The van der Waals surface area contributed by atoms with E-state index >= 15 is 0 Å². The molecule has 0 N–H and O–H groups in total. The van der Waals surface area contributed by atoms with E-state index in [9.17, 15) is 14.4 Å². The highest BCUT2D eigenvalue weighted by atomic mass is 35.5. The highest BCUT2D eigenvalue weighted by molar-refractivity contribution is 6.43. The van der Waals surface area contributed by atoms with Crippen molar-refractivity contribution in [1.82, 2.24) is 4.68 Å². The summed E-state index contributed by atoms with van der Waals surface area (Å²) < 4.78 is 9.19. The van der Waals surface area contributed by atoms with Crippen molar-refractivity contribution in [3.8, 4) is 22.5 Å². The topological polar surface area (TPSA) is 72.5 Å². The van der Waals surface area contributed by atoms with Crippen molar-refractivity contribution in [3.63, 3.8) is 0 Å². The zero-order valence-electron chi connectivity index (χ0n) is 25.4. The molecule has 1 aliphatic heterocycles. The van der Waals surface area contributed by atoms with Crippen LogP contribution in [-0.4, -0.2) is 29.1 Å². The van der Waals surface area contributed by atoms with Gasteiger partial charge in [0.05, 0.1) is 19.3 Å². The van der Waals surface area contributed by atoms with Crippen LogP contribution in [0.2, 0.25) is 5.02 Å². The van der Waals surface area contributed by atoms with Crippen LogP contribution in [0.15, 0.2) is 101 Å². The first kappa shape index (κ1) is 31.9. The molecule has 9 heteroatoms. The molecule has 2 heterocycles. The minimum atomic E-state index is -0.666. The van der Waals surface area contributed by atoms with E-state index in [1.54, 1.807) is 25.1 Å². The standard InChI is InChI=1S/C19H17Cl2NO4.C17H17N2/c1-2-26-19(25)16(21)10-11-9-12(7-8-15(11)20)22-17(23)13-5-3-4-6-14(13)18(22)24;1-18-16(14-9-5-3-6-10-14)13-17(19(18)2)15-11-7-4-8-12-15/h7-10H,2-6H2,1H3;3-13H,1-2H3/q;+1/b16-10-;. The first-order chi connectivity index (χ1) is 21.7. The van der Waals surface area contributed by atoms with Crippen molar-refractivity contribution < 1.29 is 23.8 Å². The van der Waals surface area contributed by atoms with Gasteiger partial charge in [0.15, 0.2) is 7.05 Å². The molecule has 7 nitrogen and oxygen atoms in total. The molecule has 1 aromatic heterocycles. The normalized spacial score (nSPS) is 14.7. The van der Waals surface area contributed by atoms with Crippen LogP contribution < -0.4 is 9.58 Å². The number of carbonyl (C=O) groups excluding carboxylic acids is 3. The molecule has 1 aliphatic carbocycles. The SMILES string of the molecule is CCOC(=O)/C(Cl)=C/c1cc(N2C(=O)C3=C(CCCC3)C2=O)ccc1Cl.Cn1c(-c2ccccc2)cc(-c2ccccc2)[n+]1C. The predicted octanol–water partition coefficient (Wildman–Crippen LogP) is 7.41. The number of amides is 2. The molecule has 0 radical (unpaired) electrons. The van der Waals surface area contributed by atoms with E-state index < -0.39 is 5.97 Å². The van der Waals surface area contributed by atoms with Gasteiger partial charge in [-0.1, -0.05) is 71.7 Å². The number of hydrogen-bond acceptors (Lipinski definition) is 4. The molecule has 0 unspecified atom stereocenters. The Bertz CT molecular complexity index is 1720. The summed E-state index contributed by atoms with van der Waals surface area (Å²) in [6.07, 6.45) is 4.45. The zero-order chi connectivity index (χ0) is 32.1. The van der Waals surface area contributed by atoms with Gasteiger partial charge in [-0.15, -0.1) is 4.68 Å². The van der Waals surface area contributed by atoms with Gasteiger partial charge < -0.3 is 4.74 Å². The number of esters is 1. The zero-order valence-corrected chi connectivity index (χ0v) is 26.9. The molecule has 0 spiro atoms. The van der Waals surface area contributed by atoms with Crippen molar-refractivity contribution >= 4 is 52.7 Å². The second-order valence-corrected chi connectivity index (χ2v) is 11.5. The van der Waals surface area contributed by atoms with E-state index in [0.717, 1.165) is 12.8 Å². The van der Waals surface area contributed by atoms with Crippen molar-refractivity contribution in [2.75, 3.05) is 11.5 Å². The maximum atomic E-state index is 12.7. The number of nitrogens with zero attached hydrogens (tertiary/aromatic N) is 3. The van der Waals surface area contributed by atoms with Crippen molar-refractivity contribution in [2.45, 2.75) is 32.6 Å². The number of anilines is 1. The average Bonchev–Trinajstić information content (AvgIpc) is 3.50. The third-order valence-corrected chi connectivity index (χ3v) is 8.55. The van der Waals surface area contributed by atoms with Gasteiger partial charge in [0.1, 0.15) is 10.7 Å². The Hall–Kier alpha value is -4.46. The van der Waals surface area contributed by atoms with Crippen molar-refractivity contribution in [2.24, 2.45) is 14.1 Å². The maximum Gasteiger partial charge on any atom is 0.349 e. The number of halogens is 2. The van der Waals surface area contributed by atoms with Gasteiger partial charge in [-0.25, -0.2) is 9.69 Å². The lowest BCUT2D eigenvalue weighted by Crippen LogP contribution is -2.39. The number of carbonyl (C=O) groups is 3. The molecule has 0 saturated carbocycles. The summed E-state index contributed by atoms with van der Waals surface area (Å²) in [5.74, 6) is -1.22. The lowest BCUT2D eigenvalue weighted by molar-refractivity contribution is -0.740. The number of hydrogen-bond donors (Lipinski definition) is 0. The van der Waals surface area contributed by atoms with Crippen LogP contribution >= 0.6 is 23.2 Å². The fraction of sp³-hybridized carbons (Fsp3) is 0.222. The molecule has 2 aliphatic rings. The molecule has 0 fully saturated rings. The highest BCUT2D eigenvalue weighted by Gasteiger charge is 2.39. The molecule has 4 aromatic rings. The molecule has 230 valence electrons. The van der Waals surface area contributed by atoms with Gasteiger partial charge in [0.2, 0.25) is 5.69 Å². The molecule has 3 aromatic carbocycles. The maximum absolute atomic E-state index is 12.7. The minimum absolute atomic E-state index is 0.137. The summed E-state index contributed by atoms with van der Waals surface area (Å²) in [4.78, 5) is 38.2. The summed E-state index contributed by atoms with van der Waals surface area (Å²) in [5, 5.41) is 0.204. The van der Waals surface area contributed by atoms with Gasteiger partial charge in [0.25, 0.3) is 11.8 Å². The van der Waals surface area contributed by atoms with Crippen LogP contribution in [0.5, 0.6) is 0 Å². The van der Waals surface area contributed by atoms with Gasteiger partial charge in [-0.3, -0.25) is 9.59 Å². The van der Waals surface area contributed by atoms with Crippen molar-refractivity contribution in [3.05, 3.63) is 112 Å². The number of aromatic nitrogens is 2. The average molecular weight is 644 g/mol. The molecular formula is C36H34Cl2N3O4+. The number of rotatable bonds is 6. The Labute approximate surface area is 272 Å². The van der Waals surface area contributed by atoms with Crippen LogP contribution in [0.25, 0.3) is 28.6 Å². The minimum Gasteiger partial charge on any atom is -0.462 e.